The topological polar surface area (TPSA) is 46.6 Å². The van der Waals surface area contributed by atoms with Gasteiger partial charge in [0.1, 0.15) is 0 Å². The maximum Gasteiger partial charge on any atom is 0.243 e. The van der Waals surface area contributed by atoms with Crippen molar-refractivity contribution < 1.29 is 13.2 Å². The van der Waals surface area contributed by atoms with Gasteiger partial charge in [-0.1, -0.05) is 36.4 Å². The molecule has 0 N–H and O–H groups in total. The van der Waals surface area contributed by atoms with E-state index in [-0.39, 0.29) is 0 Å². The zero-order chi connectivity index (χ0) is 15.6. The van der Waals surface area contributed by atoms with Gasteiger partial charge in [-0.3, -0.25) is 0 Å². The minimum Gasteiger partial charge on any atom is -0.380 e. The van der Waals surface area contributed by atoms with Crippen LogP contribution in [-0.2, 0) is 34.3 Å². The highest BCUT2D eigenvalue weighted by molar-refractivity contribution is 7.89. The second-order valence-electron chi connectivity index (χ2n) is 5.44. The van der Waals surface area contributed by atoms with Crippen molar-refractivity contribution in [3.05, 3.63) is 65.2 Å². The molecule has 0 saturated heterocycles. The normalized spacial score (nSPS) is 15.5. The first kappa shape index (κ1) is 15.2. The van der Waals surface area contributed by atoms with Crippen molar-refractivity contribution in [3.63, 3.8) is 0 Å². The molecule has 1 heterocycles. The number of methoxy groups -OCH3 is 1. The van der Waals surface area contributed by atoms with E-state index >= 15 is 0 Å². The van der Waals surface area contributed by atoms with E-state index in [9.17, 15) is 8.42 Å². The highest BCUT2D eigenvalue weighted by Crippen LogP contribution is 2.25. The van der Waals surface area contributed by atoms with Crippen molar-refractivity contribution in [2.45, 2.75) is 24.5 Å². The van der Waals surface area contributed by atoms with E-state index in [1.165, 1.54) is 5.56 Å². The van der Waals surface area contributed by atoms with Crippen LogP contribution in [0.15, 0.2) is 53.4 Å². The van der Waals surface area contributed by atoms with E-state index in [0.29, 0.717) is 24.6 Å². The lowest BCUT2D eigenvalue weighted by atomic mass is 10.0. The van der Waals surface area contributed by atoms with Gasteiger partial charge in [-0.15, -0.1) is 0 Å². The van der Waals surface area contributed by atoms with E-state index in [2.05, 4.69) is 6.07 Å². The maximum absolute atomic E-state index is 12.8. The van der Waals surface area contributed by atoms with Crippen LogP contribution in [0.5, 0.6) is 0 Å². The number of rotatable bonds is 4. The summed E-state index contributed by atoms with van der Waals surface area (Å²) in [5.74, 6) is 0. The highest BCUT2D eigenvalue weighted by atomic mass is 32.2. The molecular formula is C17H19NO3S. The summed E-state index contributed by atoms with van der Waals surface area (Å²) in [7, 11) is -1.87. The summed E-state index contributed by atoms with van der Waals surface area (Å²) in [6, 6.07) is 15.0. The monoisotopic (exact) mass is 317 g/mol. The van der Waals surface area contributed by atoms with E-state index in [1.54, 1.807) is 29.6 Å². The molecular weight excluding hydrogens is 298 g/mol. The van der Waals surface area contributed by atoms with Crippen LogP contribution >= 0.6 is 0 Å². The minimum atomic E-state index is -3.47. The standard InChI is InChI=1S/C17H19NO3S/c1-21-13-14-5-4-8-17(11-14)22(19,20)18-10-9-15-6-2-3-7-16(15)12-18/h2-8,11H,9-10,12-13H2,1H3. The second-order valence-corrected chi connectivity index (χ2v) is 7.38. The van der Waals surface area contributed by atoms with Crippen molar-refractivity contribution in [1.29, 1.82) is 0 Å². The Kier molecular flexibility index (Phi) is 4.29. The summed E-state index contributed by atoms with van der Waals surface area (Å²) in [4.78, 5) is 0.335. The summed E-state index contributed by atoms with van der Waals surface area (Å²) >= 11 is 0. The first-order valence-electron chi connectivity index (χ1n) is 7.26. The molecule has 22 heavy (non-hydrogen) atoms. The molecule has 5 heteroatoms. The van der Waals surface area contributed by atoms with Gasteiger partial charge in [-0.05, 0) is 35.2 Å². The Balaban J connectivity index is 1.89. The highest BCUT2D eigenvalue weighted by Gasteiger charge is 2.28. The fourth-order valence-electron chi connectivity index (χ4n) is 2.79. The molecule has 1 aliphatic rings. The summed E-state index contributed by atoms with van der Waals surface area (Å²) in [5.41, 5.74) is 3.19. The average molecular weight is 317 g/mol. The van der Waals surface area contributed by atoms with Crippen LogP contribution in [0.3, 0.4) is 0 Å². The van der Waals surface area contributed by atoms with Crippen LogP contribution < -0.4 is 0 Å². The van der Waals surface area contributed by atoms with Gasteiger partial charge in [0.15, 0.2) is 0 Å². The molecule has 3 rings (SSSR count). The number of hydrogen-bond donors (Lipinski definition) is 0. The van der Waals surface area contributed by atoms with E-state index in [1.807, 2.05) is 24.3 Å². The quantitative estimate of drug-likeness (QED) is 0.871. The smallest absolute Gasteiger partial charge is 0.243 e. The third-order valence-corrected chi connectivity index (χ3v) is 5.78. The van der Waals surface area contributed by atoms with Crippen LogP contribution in [0.2, 0.25) is 0 Å². The molecule has 0 atom stereocenters. The van der Waals surface area contributed by atoms with E-state index < -0.39 is 10.0 Å². The van der Waals surface area contributed by atoms with Crippen molar-refractivity contribution in [2.24, 2.45) is 0 Å². The molecule has 4 nitrogen and oxygen atoms in total. The molecule has 0 unspecified atom stereocenters. The SMILES string of the molecule is COCc1cccc(S(=O)(=O)N2CCc3ccccc3C2)c1. The van der Waals surface area contributed by atoms with Crippen molar-refractivity contribution >= 4 is 10.0 Å². The van der Waals surface area contributed by atoms with Crippen molar-refractivity contribution in [1.82, 2.24) is 4.31 Å². The Hall–Kier alpha value is -1.69. The zero-order valence-corrected chi connectivity index (χ0v) is 13.3. The number of nitrogens with zero attached hydrogens (tertiary/aromatic N) is 1. The molecule has 2 aromatic carbocycles. The number of sulfonamides is 1. The van der Waals surface area contributed by atoms with Crippen LogP contribution in [0.1, 0.15) is 16.7 Å². The Labute approximate surface area is 131 Å². The lowest BCUT2D eigenvalue weighted by Gasteiger charge is -2.28. The van der Waals surface area contributed by atoms with E-state index in [0.717, 1.165) is 17.5 Å². The molecule has 116 valence electrons. The predicted molar refractivity (Wildman–Crippen MR) is 84.9 cm³/mol. The third kappa shape index (κ3) is 2.92. The summed E-state index contributed by atoms with van der Waals surface area (Å²) < 4.78 is 32.3. The fourth-order valence-corrected chi connectivity index (χ4v) is 4.28. The number of ether oxygens (including phenoxy) is 1. The largest absolute Gasteiger partial charge is 0.380 e. The van der Waals surface area contributed by atoms with Gasteiger partial charge in [0.2, 0.25) is 10.0 Å². The number of fused-ring (bicyclic) bond motifs is 1. The first-order chi connectivity index (χ1) is 10.6. The lowest BCUT2D eigenvalue weighted by molar-refractivity contribution is 0.184. The van der Waals surface area contributed by atoms with Gasteiger partial charge in [0.05, 0.1) is 11.5 Å². The fraction of sp³-hybridized carbons (Fsp3) is 0.294. The molecule has 0 aromatic heterocycles. The molecule has 0 amide bonds. The maximum atomic E-state index is 12.8. The summed E-state index contributed by atoms with van der Waals surface area (Å²) in [6.07, 6.45) is 0.757. The second kappa shape index (κ2) is 6.20. The lowest BCUT2D eigenvalue weighted by Crippen LogP contribution is -2.35. The van der Waals surface area contributed by atoms with Gasteiger partial charge in [-0.2, -0.15) is 4.31 Å². The molecule has 2 aromatic rings. The molecule has 0 aliphatic carbocycles. The van der Waals surface area contributed by atoms with Gasteiger partial charge >= 0.3 is 0 Å². The van der Waals surface area contributed by atoms with Crippen LogP contribution in [-0.4, -0.2) is 26.4 Å². The van der Waals surface area contributed by atoms with Crippen LogP contribution in [0.25, 0.3) is 0 Å². The number of hydrogen-bond acceptors (Lipinski definition) is 3. The molecule has 1 aliphatic heterocycles. The van der Waals surface area contributed by atoms with Gasteiger partial charge < -0.3 is 4.74 Å². The molecule has 0 radical (unpaired) electrons. The van der Waals surface area contributed by atoms with Crippen molar-refractivity contribution in [3.8, 4) is 0 Å². The van der Waals surface area contributed by atoms with Crippen molar-refractivity contribution in [2.75, 3.05) is 13.7 Å². The van der Waals surface area contributed by atoms with Gasteiger partial charge in [-0.25, -0.2) is 8.42 Å². The first-order valence-corrected chi connectivity index (χ1v) is 8.70. The summed E-state index contributed by atoms with van der Waals surface area (Å²) in [5, 5.41) is 0. The molecule has 0 saturated carbocycles. The number of benzene rings is 2. The molecule has 0 bridgehead atoms. The van der Waals surface area contributed by atoms with Crippen LogP contribution in [0.4, 0.5) is 0 Å². The molecule has 0 fully saturated rings. The summed E-state index contributed by atoms with van der Waals surface area (Å²) in [6.45, 7) is 1.37. The van der Waals surface area contributed by atoms with Gasteiger partial charge in [0.25, 0.3) is 0 Å². The average Bonchev–Trinajstić information content (AvgIpc) is 2.55. The Bertz CT molecular complexity index is 771. The minimum absolute atomic E-state index is 0.335. The predicted octanol–water partition coefficient (Wildman–Crippen LogP) is 2.58. The van der Waals surface area contributed by atoms with E-state index in [4.69, 9.17) is 4.74 Å². The van der Waals surface area contributed by atoms with Crippen LogP contribution in [0, 0.1) is 0 Å². The molecule has 0 spiro atoms. The van der Waals surface area contributed by atoms with Gasteiger partial charge in [0, 0.05) is 20.2 Å². The third-order valence-electron chi connectivity index (χ3n) is 3.94. The zero-order valence-electron chi connectivity index (χ0n) is 12.5. The Morgan fingerprint density at radius 2 is 1.86 bits per heavy atom. The Morgan fingerprint density at radius 1 is 1.09 bits per heavy atom. The Morgan fingerprint density at radius 3 is 2.64 bits per heavy atom.